The molecule has 0 unspecified atom stereocenters. The number of ether oxygens (including phenoxy) is 4. The monoisotopic (exact) mass is 590 g/mol. The zero-order valence-electron chi connectivity index (χ0n) is 24.2. The molecule has 0 aliphatic carbocycles. The zero-order chi connectivity index (χ0) is 30.8. The van der Waals surface area contributed by atoms with Crippen LogP contribution in [0.25, 0.3) is 56.9 Å². The maximum Gasteiger partial charge on any atom is 0.347 e. The van der Waals surface area contributed by atoms with E-state index in [9.17, 15) is 9.59 Å². The smallest absolute Gasteiger partial charge is 0.347 e. The number of rotatable bonds is 8. The highest BCUT2D eigenvalue weighted by Gasteiger charge is 2.15. The van der Waals surface area contributed by atoms with E-state index in [1.165, 1.54) is 28.4 Å². The van der Waals surface area contributed by atoms with Crippen molar-refractivity contribution in [2.45, 2.75) is 0 Å². The van der Waals surface area contributed by atoms with Gasteiger partial charge in [0, 0.05) is 35.4 Å². The summed E-state index contributed by atoms with van der Waals surface area (Å²) in [5, 5.41) is 0.604. The molecule has 2 aromatic heterocycles. The van der Waals surface area contributed by atoms with Crippen molar-refractivity contribution in [1.82, 2.24) is 9.97 Å². The molecular weight excluding hydrogens is 564 g/mol. The summed E-state index contributed by atoms with van der Waals surface area (Å²) in [4.78, 5) is 34.4. The molecule has 0 bridgehead atoms. The van der Waals surface area contributed by atoms with Crippen molar-refractivity contribution in [2.24, 2.45) is 0 Å². The van der Waals surface area contributed by atoms with E-state index in [2.05, 4.69) is 9.97 Å². The molecule has 220 valence electrons. The molecule has 44 heavy (non-hydrogen) atoms. The van der Waals surface area contributed by atoms with Gasteiger partial charge in [0.15, 0.2) is 23.0 Å². The summed E-state index contributed by atoms with van der Waals surface area (Å²) in [6.07, 6.45) is 3.90. The highest BCUT2D eigenvalue weighted by Crippen LogP contribution is 2.32. The Morgan fingerprint density at radius 3 is 1.20 bits per heavy atom. The topological polar surface area (TPSA) is 123 Å². The molecule has 0 saturated heterocycles. The van der Waals surface area contributed by atoms with E-state index in [-0.39, 0.29) is 11.8 Å². The lowest BCUT2D eigenvalue weighted by Crippen LogP contribution is -2.04. The van der Waals surface area contributed by atoms with Crippen molar-refractivity contribution in [3.05, 3.63) is 105 Å². The van der Waals surface area contributed by atoms with Crippen LogP contribution < -0.4 is 30.2 Å². The molecule has 0 aliphatic rings. The molecule has 0 spiro atoms. The average Bonchev–Trinajstić information content (AvgIpc) is 3.06. The van der Waals surface area contributed by atoms with Crippen molar-refractivity contribution in [3.8, 4) is 45.9 Å². The maximum atomic E-state index is 12.7. The summed E-state index contributed by atoms with van der Waals surface area (Å²) < 4.78 is 32.2. The van der Waals surface area contributed by atoms with Crippen molar-refractivity contribution in [1.29, 1.82) is 0 Å². The van der Waals surface area contributed by atoms with Gasteiger partial charge in [-0.2, -0.15) is 0 Å². The lowest BCUT2D eigenvalue weighted by atomic mass is 10.1. The van der Waals surface area contributed by atoms with Crippen LogP contribution in [0.2, 0.25) is 0 Å². The number of benzene rings is 4. The van der Waals surface area contributed by atoms with E-state index in [0.29, 0.717) is 55.9 Å². The molecule has 0 fully saturated rings. The van der Waals surface area contributed by atoms with Crippen LogP contribution in [0.15, 0.2) is 91.2 Å². The Balaban J connectivity index is 1.21. The average molecular weight is 591 g/mol. The zero-order valence-corrected chi connectivity index (χ0v) is 24.2. The van der Waals surface area contributed by atoms with Crippen LogP contribution in [0.1, 0.15) is 11.1 Å². The first-order valence-electron chi connectivity index (χ1n) is 13.4. The van der Waals surface area contributed by atoms with Gasteiger partial charge in [-0.05, 0) is 35.4 Å². The Kier molecular flexibility index (Phi) is 7.55. The Labute approximate surface area is 250 Å². The largest absolute Gasteiger partial charge is 0.493 e. The van der Waals surface area contributed by atoms with E-state index in [4.69, 9.17) is 27.8 Å². The molecule has 0 amide bonds. The number of hydrogen-bond donors (Lipinski definition) is 0. The van der Waals surface area contributed by atoms with E-state index in [1.54, 1.807) is 24.3 Å². The van der Waals surface area contributed by atoms with Crippen molar-refractivity contribution in [2.75, 3.05) is 28.4 Å². The first kappa shape index (κ1) is 28.2. The fourth-order valence-corrected chi connectivity index (χ4v) is 4.71. The third-order valence-corrected chi connectivity index (χ3v) is 7.05. The third-order valence-electron chi connectivity index (χ3n) is 7.05. The summed E-state index contributed by atoms with van der Waals surface area (Å²) in [7, 11) is 6.04. The second-order valence-corrected chi connectivity index (χ2v) is 9.64. The molecule has 6 rings (SSSR count). The van der Waals surface area contributed by atoms with Crippen molar-refractivity contribution < 1.29 is 27.8 Å². The van der Waals surface area contributed by atoms with Crippen molar-refractivity contribution in [3.63, 3.8) is 0 Å². The van der Waals surface area contributed by atoms with E-state index >= 15 is 0 Å². The van der Waals surface area contributed by atoms with Crippen LogP contribution >= 0.6 is 0 Å². The molecule has 6 aromatic rings. The number of fused-ring (bicyclic) bond motifs is 2. The normalized spacial score (nSPS) is 11.3. The van der Waals surface area contributed by atoms with Crippen LogP contribution in [0, 0.1) is 0 Å². The first-order chi connectivity index (χ1) is 21.4. The van der Waals surface area contributed by atoms with Crippen LogP contribution in [0.4, 0.5) is 0 Å². The summed E-state index contributed by atoms with van der Waals surface area (Å²) in [5.74, 6) is 2.19. The van der Waals surface area contributed by atoms with Gasteiger partial charge < -0.3 is 27.8 Å². The Morgan fingerprint density at radius 1 is 0.523 bits per heavy atom. The molecule has 0 radical (unpaired) electrons. The number of hydrogen-bond acceptors (Lipinski definition) is 10. The van der Waals surface area contributed by atoms with E-state index in [0.717, 1.165) is 11.1 Å². The summed E-state index contributed by atoms with van der Waals surface area (Å²) in [6.45, 7) is 0. The van der Waals surface area contributed by atoms with Crippen LogP contribution in [-0.2, 0) is 0 Å². The van der Waals surface area contributed by atoms with Gasteiger partial charge in [-0.25, -0.2) is 19.6 Å². The second-order valence-electron chi connectivity index (χ2n) is 9.64. The van der Waals surface area contributed by atoms with E-state index < -0.39 is 11.3 Å². The summed E-state index contributed by atoms with van der Waals surface area (Å²) in [5.41, 5.74) is 3.02. The predicted molar refractivity (Wildman–Crippen MR) is 167 cm³/mol. The highest BCUT2D eigenvalue weighted by atomic mass is 16.5. The van der Waals surface area contributed by atoms with Gasteiger partial charge in [0.25, 0.3) is 0 Å². The molecule has 10 nitrogen and oxygen atoms in total. The Bertz CT molecular complexity index is 1990. The van der Waals surface area contributed by atoms with Gasteiger partial charge in [0.2, 0.25) is 11.8 Å². The van der Waals surface area contributed by atoms with Gasteiger partial charge in [-0.3, -0.25) is 0 Å². The Morgan fingerprint density at radius 2 is 0.864 bits per heavy atom. The molecule has 0 aliphatic heterocycles. The minimum absolute atomic E-state index is 0.201. The summed E-state index contributed by atoms with van der Waals surface area (Å²) >= 11 is 0. The van der Waals surface area contributed by atoms with Gasteiger partial charge >= 0.3 is 11.3 Å². The van der Waals surface area contributed by atoms with Gasteiger partial charge in [-0.15, -0.1) is 0 Å². The fraction of sp³-hybridized carbons (Fsp3) is 0.118. The van der Waals surface area contributed by atoms with E-state index in [1.807, 2.05) is 60.7 Å². The lowest BCUT2D eigenvalue weighted by Gasteiger charge is -2.09. The molecule has 0 saturated carbocycles. The second kappa shape index (κ2) is 11.8. The quantitative estimate of drug-likeness (QED) is 0.189. The molecule has 0 atom stereocenters. The van der Waals surface area contributed by atoms with Crippen molar-refractivity contribution >= 4 is 34.0 Å². The van der Waals surface area contributed by atoms with Gasteiger partial charge in [-0.1, -0.05) is 36.4 Å². The SMILES string of the molecule is COc1cc2nc(-c3ccc(/C=C/c4ccc(-c5nc6cc(OC)c(OC)cc6c(=O)o5)cc4)cc3)oc(=O)c2cc1OC. The van der Waals surface area contributed by atoms with Gasteiger partial charge in [0.1, 0.15) is 0 Å². The standard InChI is InChI=1S/C34H26N2O8/c1-39-27-15-23-25(17-29(27)41-3)35-31(43-33(23)37)21-11-7-19(8-12-21)5-6-20-9-13-22(14-10-20)32-36-26-18-30(42-4)28(40-2)16-24(26)34(38)44-32/h5-18H,1-4H3/b6-5+. The minimum atomic E-state index is -0.517. The lowest BCUT2D eigenvalue weighted by molar-refractivity contribution is 0.355. The molecule has 4 aromatic carbocycles. The van der Waals surface area contributed by atoms with Crippen LogP contribution in [0.5, 0.6) is 23.0 Å². The molecule has 0 N–H and O–H groups in total. The van der Waals surface area contributed by atoms with Crippen LogP contribution in [0.3, 0.4) is 0 Å². The number of nitrogens with zero attached hydrogens (tertiary/aromatic N) is 2. The minimum Gasteiger partial charge on any atom is -0.493 e. The predicted octanol–water partition coefficient (Wildman–Crippen LogP) is 6.23. The molecule has 2 heterocycles. The number of methoxy groups -OCH3 is 4. The van der Waals surface area contributed by atoms with Gasteiger partial charge in [0.05, 0.1) is 50.2 Å². The third kappa shape index (κ3) is 5.36. The highest BCUT2D eigenvalue weighted by molar-refractivity contribution is 5.84. The fourth-order valence-electron chi connectivity index (χ4n) is 4.71. The first-order valence-corrected chi connectivity index (χ1v) is 13.4. The summed E-state index contributed by atoms with van der Waals surface area (Å²) in [6, 6.07) is 21.3. The number of aromatic nitrogens is 2. The molecule has 10 heteroatoms. The molecular formula is C34H26N2O8. The Hall–Kier alpha value is -5.90. The maximum absolute atomic E-state index is 12.7. The van der Waals surface area contributed by atoms with Crippen LogP contribution in [-0.4, -0.2) is 38.4 Å².